The zero-order valence-corrected chi connectivity index (χ0v) is 9.28. The summed E-state index contributed by atoms with van der Waals surface area (Å²) in [6.07, 6.45) is 1.14. The number of hydrogen-bond acceptors (Lipinski definition) is 4. The molecule has 1 heterocycles. The Labute approximate surface area is 91.9 Å². The lowest BCUT2D eigenvalue weighted by Gasteiger charge is -2.05. The van der Waals surface area contributed by atoms with Gasteiger partial charge in [0.05, 0.1) is 18.7 Å². The molecule has 0 aliphatic rings. The van der Waals surface area contributed by atoms with Crippen molar-refractivity contribution in [3.05, 3.63) is 32.6 Å². The Kier molecular flexibility index (Phi) is 4.19. The molecule has 0 aliphatic heterocycles. The molecule has 1 N–H and O–H groups in total. The topological polar surface area (TPSA) is 81.2 Å². The van der Waals surface area contributed by atoms with Gasteiger partial charge in [-0.25, -0.2) is 4.79 Å². The van der Waals surface area contributed by atoms with Crippen LogP contribution in [0.3, 0.4) is 0 Å². The van der Waals surface area contributed by atoms with E-state index in [-0.39, 0.29) is 24.5 Å². The highest BCUT2D eigenvalue weighted by Crippen LogP contribution is 1.87. The molecule has 88 valence electrons. The fourth-order valence-corrected chi connectivity index (χ4v) is 1.27. The van der Waals surface area contributed by atoms with E-state index in [1.54, 1.807) is 0 Å². The van der Waals surface area contributed by atoms with Crippen LogP contribution in [-0.4, -0.2) is 28.5 Å². The van der Waals surface area contributed by atoms with Crippen LogP contribution < -0.4 is 11.2 Å². The van der Waals surface area contributed by atoms with Crippen LogP contribution in [0, 0.1) is 0 Å². The highest BCUT2D eigenvalue weighted by Gasteiger charge is 2.10. The molecule has 0 saturated heterocycles. The third-order valence-corrected chi connectivity index (χ3v) is 2.10. The molecule has 6 nitrogen and oxygen atoms in total. The van der Waals surface area contributed by atoms with Gasteiger partial charge < -0.3 is 9.72 Å². The van der Waals surface area contributed by atoms with E-state index in [9.17, 15) is 14.4 Å². The normalized spacial score (nSPS) is 10.4. The molecular formula is C10H14N2O4. The monoisotopic (exact) mass is 226 g/mol. The van der Waals surface area contributed by atoms with Gasteiger partial charge in [0, 0.05) is 12.8 Å². The number of aromatic nitrogens is 2. The molecule has 0 atom stereocenters. The molecule has 0 aliphatic carbocycles. The van der Waals surface area contributed by atoms with Crippen LogP contribution in [0.15, 0.2) is 15.8 Å². The number of aromatic amines is 1. The highest BCUT2D eigenvalue weighted by molar-refractivity contribution is 5.93. The number of H-pyrrole nitrogens is 1. The van der Waals surface area contributed by atoms with E-state index >= 15 is 0 Å². The predicted octanol–water partition coefficient (Wildman–Crippen LogP) is -0.224. The minimum atomic E-state index is -0.573. The van der Waals surface area contributed by atoms with Crippen molar-refractivity contribution in [1.82, 2.24) is 9.55 Å². The van der Waals surface area contributed by atoms with Gasteiger partial charge in [0.1, 0.15) is 0 Å². The van der Waals surface area contributed by atoms with E-state index in [0.717, 1.165) is 10.8 Å². The van der Waals surface area contributed by atoms with Gasteiger partial charge in [0.15, 0.2) is 5.78 Å². The summed E-state index contributed by atoms with van der Waals surface area (Å²) in [6.45, 7) is 4.02. The number of carbonyl (C=O) groups excluding carboxylic acids is 1. The first-order valence-electron chi connectivity index (χ1n) is 4.99. The maximum absolute atomic E-state index is 11.7. The second-order valence-corrected chi connectivity index (χ2v) is 3.22. The van der Waals surface area contributed by atoms with Crippen molar-refractivity contribution < 1.29 is 9.53 Å². The lowest BCUT2D eigenvalue weighted by molar-refractivity contribution is 0.101. The number of nitrogens with zero attached hydrogens (tertiary/aromatic N) is 1. The zero-order valence-electron chi connectivity index (χ0n) is 9.28. The quantitative estimate of drug-likeness (QED) is 0.555. The van der Waals surface area contributed by atoms with Gasteiger partial charge >= 0.3 is 5.69 Å². The molecule has 0 unspecified atom stereocenters. The van der Waals surface area contributed by atoms with Crippen molar-refractivity contribution in [3.8, 4) is 0 Å². The second kappa shape index (κ2) is 5.41. The first-order valence-corrected chi connectivity index (χ1v) is 4.99. The van der Waals surface area contributed by atoms with Gasteiger partial charge in [0.2, 0.25) is 0 Å². The minimum Gasteiger partial charge on any atom is -0.380 e. The molecule has 1 rings (SSSR count). The van der Waals surface area contributed by atoms with E-state index in [1.165, 1.54) is 6.92 Å². The smallest absolute Gasteiger partial charge is 0.328 e. The van der Waals surface area contributed by atoms with Crippen LogP contribution in [0.1, 0.15) is 24.2 Å². The minimum absolute atomic E-state index is 0.0175. The van der Waals surface area contributed by atoms with Crippen molar-refractivity contribution in [2.24, 2.45) is 0 Å². The van der Waals surface area contributed by atoms with E-state index in [1.807, 2.05) is 6.92 Å². The Morgan fingerprint density at radius 1 is 1.50 bits per heavy atom. The Balaban J connectivity index is 3.07. The van der Waals surface area contributed by atoms with Gasteiger partial charge in [-0.3, -0.25) is 14.2 Å². The van der Waals surface area contributed by atoms with Crippen molar-refractivity contribution >= 4 is 5.78 Å². The Bertz CT molecular complexity index is 486. The number of carbonyl (C=O) groups is 1. The molecule has 0 saturated carbocycles. The molecule has 0 spiro atoms. The largest absolute Gasteiger partial charge is 0.380 e. The zero-order chi connectivity index (χ0) is 12.1. The molecule has 16 heavy (non-hydrogen) atoms. The molecule has 0 amide bonds. The molecule has 0 fully saturated rings. The van der Waals surface area contributed by atoms with E-state index in [4.69, 9.17) is 4.74 Å². The van der Waals surface area contributed by atoms with Crippen molar-refractivity contribution in [2.75, 3.05) is 13.2 Å². The first kappa shape index (κ1) is 12.4. The summed E-state index contributed by atoms with van der Waals surface area (Å²) >= 11 is 0. The van der Waals surface area contributed by atoms with E-state index < -0.39 is 11.2 Å². The van der Waals surface area contributed by atoms with Gasteiger partial charge in [-0.2, -0.15) is 0 Å². The van der Waals surface area contributed by atoms with Crippen LogP contribution in [-0.2, 0) is 11.3 Å². The Morgan fingerprint density at radius 3 is 2.75 bits per heavy atom. The van der Waals surface area contributed by atoms with Gasteiger partial charge in [0.25, 0.3) is 5.56 Å². The maximum Gasteiger partial charge on any atom is 0.328 e. The SMILES string of the molecule is CCOCCn1c(=O)[nH]cc(C(C)=O)c1=O. The molecule has 0 aromatic carbocycles. The fourth-order valence-electron chi connectivity index (χ4n) is 1.27. The van der Waals surface area contributed by atoms with Crippen LogP contribution in [0.2, 0.25) is 0 Å². The average molecular weight is 226 g/mol. The van der Waals surface area contributed by atoms with Crippen LogP contribution >= 0.6 is 0 Å². The molecule has 1 aromatic heterocycles. The number of ketones is 1. The lowest BCUT2D eigenvalue weighted by atomic mass is 10.2. The van der Waals surface area contributed by atoms with Crippen molar-refractivity contribution in [2.45, 2.75) is 20.4 Å². The predicted molar refractivity (Wildman–Crippen MR) is 57.8 cm³/mol. The Hall–Kier alpha value is -1.69. The third kappa shape index (κ3) is 2.66. The molecule has 0 radical (unpaired) electrons. The number of Topliss-reactive ketones (excluding diaryl/α,β-unsaturated/α-hetero) is 1. The van der Waals surface area contributed by atoms with E-state index in [0.29, 0.717) is 6.61 Å². The molecule has 6 heteroatoms. The van der Waals surface area contributed by atoms with Gasteiger partial charge in [-0.1, -0.05) is 0 Å². The standard InChI is InChI=1S/C10H14N2O4/c1-3-16-5-4-12-9(14)8(7(2)13)6-11-10(12)15/h6H,3-5H2,1-2H3,(H,11,15). The van der Waals surface area contributed by atoms with Crippen molar-refractivity contribution in [3.63, 3.8) is 0 Å². The Morgan fingerprint density at radius 2 is 2.19 bits per heavy atom. The molecular weight excluding hydrogens is 212 g/mol. The van der Waals surface area contributed by atoms with Crippen LogP contribution in [0.25, 0.3) is 0 Å². The summed E-state index contributed by atoms with van der Waals surface area (Å²) in [5.41, 5.74) is -1.12. The fraction of sp³-hybridized carbons (Fsp3) is 0.500. The summed E-state index contributed by atoms with van der Waals surface area (Å²) in [7, 11) is 0. The molecule has 1 aromatic rings. The summed E-state index contributed by atoms with van der Waals surface area (Å²) in [4.78, 5) is 36.5. The summed E-state index contributed by atoms with van der Waals surface area (Å²) in [5, 5.41) is 0. The van der Waals surface area contributed by atoms with E-state index in [2.05, 4.69) is 4.98 Å². The number of hydrogen-bond donors (Lipinski definition) is 1. The summed E-state index contributed by atoms with van der Waals surface area (Å²) in [5.74, 6) is -0.369. The van der Waals surface area contributed by atoms with Gasteiger partial charge in [-0.15, -0.1) is 0 Å². The number of rotatable bonds is 5. The first-order chi connectivity index (χ1) is 7.57. The lowest BCUT2D eigenvalue weighted by Crippen LogP contribution is -2.38. The van der Waals surface area contributed by atoms with Crippen LogP contribution in [0.5, 0.6) is 0 Å². The number of ether oxygens (including phenoxy) is 1. The third-order valence-electron chi connectivity index (χ3n) is 2.10. The van der Waals surface area contributed by atoms with Crippen LogP contribution in [0.4, 0.5) is 0 Å². The summed E-state index contributed by atoms with van der Waals surface area (Å²) < 4.78 is 6.02. The second-order valence-electron chi connectivity index (χ2n) is 3.22. The average Bonchev–Trinajstić information content (AvgIpc) is 2.22. The molecule has 0 bridgehead atoms. The maximum atomic E-state index is 11.7. The van der Waals surface area contributed by atoms with Gasteiger partial charge in [-0.05, 0) is 13.8 Å². The summed E-state index contributed by atoms with van der Waals surface area (Å²) in [6, 6.07) is 0. The highest BCUT2D eigenvalue weighted by atomic mass is 16.5. The number of nitrogens with one attached hydrogen (secondary N) is 1. The van der Waals surface area contributed by atoms with Crippen molar-refractivity contribution in [1.29, 1.82) is 0 Å².